The van der Waals surface area contributed by atoms with E-state index in [9.17, 15) is 24.0 Å². The van der Waals surface area contributed by atoms with Crippen LogP contribution in [0.5, 0.6) is 0 Å². The van der Waals surface area contributed by atoms with Gasteiger partial charge in [-0.3, -0.25) is 14.6 Å². The SMILES string of the molecule is C.CN(C)CCCOC(=O)CCN1CCN(C)CC1.Cc1cc(C[C@@H](OC(=O)N2CCC(N3CCc4ccccc4NC3=O)CC2)C(=O)N2CCC(C)CC2)cc2oc(=O)[nH]c12. The largest absolute Gasteiger partial charge is 0.466 e. The third kappa shape index (κ3) is 13.5. The molecule has 16 nitrogen and oxygen atoms in total. The monoisotopic (exact) mass is 863 g/mol. The molecule has 1 atom stereocenters. The summed E-state index contributed by atoms with van der Waals surface area (Å²) in [5, 5.41) is 3.03. The number of piperazine rings is 1. The van der Waals surface area contributed by atoms with Crippen LogP contribution in [-0.4, -0.2) is 170 Å². The summed E-state index contributed by atoms with van der Waals surface area (Å²) < 4.78 is 16.4. The molecule has 5 heterocycles. The van der Waals surface area contributed by atoms with Crippen molar-refractivity contribution >= 4 is 40.8 Å². The number of esters is 1. The number of carbonyl (C=O) groups is 4. The van der Waals surface area contributed by atoms with Crippen LogP contribution < -0.4 is 11.1 Å². The number of aryl methyl sites for hydroxylation is 1. The molecule has 0 radical (unpaired) electrons. The van der Waals surface area contributed by atoms with Gasteiger partial charge in [-0.2, -0.15) is 0 Å². The summed E-state index contributed by atoms with van der Waals surface area (Å²) in [7, 11) is 6.18. The zero-order valence-electron chi connectivity index (χ0n) is 36.8. The van der Waals surface area contributed by atoms with Gasteiger partial charge in [0.05, 0.1) is 18.5 Å². The van der Waals surface area contributed by atoms with Crippen molar-refractivity contribution in [1.82, 2.24) is 34.4 Å². The maximum Gasteiger partial charge on any atom is 0.417 e. The molecule has 4 aliphatic rings. The summed E-state index contributed by atoms with van der Waals surface area (Å²) in [6.45, 7) is 13.4. The average Bonchev–Trinajstić information content (AvgIpc) is 3.54. The van der Waals surface area contributed by atoms with Gasteiger partial charge in [0.1, 0.15) is 0 Å². The van der Waals surface area contributed by atoms with Gasteiger partial charge in [0.25, 0.3) is 5.91 Å². The van der Waals surface area contributed by atoms with Gasteiger partial charge in [0.2, 0.25) is 0 Å². The van der Waals surface area contributed by atoms with Gasteiger partial charge in [0.15, 0.2) is 11.7 Å². The zero-order chi connectivity index (χ0) is 43.5. The molecule has 0 spiro atoms. The number of likely N-dealkylation sites (N-methyl/N-ethyl adjacent to an activating group) is 1. The molecule has 1 aromatic heterocycles. The highest BCUT2D eigenvalue weighted by atomic mass is 16.6. The lowest BCUT2D eigenvalue weighted by molar-refractivity contribution is -0.144. The number of hydrogen-bond acceptors (Lipinski definition) is 11. The van der Waals surface area contributed by atoms with Crippen molar-refractivity contribution in [1.29, 1.82) is 0 Å². The summed E-state index contributed by atoms with van der Waals surface area (Å²) in [4.78, 5) is 78.2. The maximum atomic E-state index is 13.7. The van der Waals surface area contributed by atoms with E-state index in [2.05, 4.69) is 39.0 Å². The predicted octanol–water partition coefficient (Wildman–Crippen LogP) is 5.05. The van der Waals surface area contributed by atoms with E-state index in [1.807, 2.05) is 56.3 Å². The standard InChI is InChI=1S/C32H39N5O6.C13H27N3O2.CH4/c1-20-7-12-35(13-8-20)29(38)27(19-22-17-21(2)28-26(18-22)42-31(40)34-28)43-32(41)36-14-10-24(11-15-36)37-16-9-23-5-3-4-6-25(23)33-30(37)39;1-14(2)6-4-12-18-13(17)5-7-16-10-8-15(3)9-11-16;/h3-6,17-18,20,24,27H,7-16,19H2,1-2H3,(H,33,39)(H,34,40);4-12H2,1-3H3;1H4/t27-;;/m1../s1. The molecule has 7 rings (SSSR count). The van der Waals surface area contributed by atoms with E-state index in [-0.39, 0.29) is 37.8 Å². The van der Waals surface area contributed by atoms with Gasteiger partial charge >= 0.3 is 23.8 Å². The Bertz CT molecular complexity index is 1990. The molecule has 0 saturated carbocycles. The Morgan fingerprint density at radius 3 is 2.32 bits per heavy atom. The number of hydrogen-bond donors (Lipinski definition) is 2. The molecule has 62 heavy (non-hydrogen) atoms. The van der Waals surface area contributed by atoms with Gasteiger partial charge < -0.3 is 48.6 Å². The van der Waals surface area contributed by atoms with Gasteiger partial charge in [-0.15, -0.1) is 0 Å². The fraction of sp³-hybridized carbons (Fsp3) is 0.630. The number of piperidine rings is 2. The van der Waals surface area contributed by atoms with Crippen molar-refractivity contribution in [3.8, 4) is 0 Å². The number of rotatable bonds is 12. The summed E-state index contributed by atoms with van der Waals surface area (Å²) in [5.41, 5.74) is 4.55. The van der Waals surface area contributed by atoms with Crippen molar-refractivity contribution < 1.29 is 33.1 Å². The number of nitrogens with one attached hydrogen (secondary N) is 2. The molecule has 3 aromatic rings. The number of aromatic amines is 1. The molecule has 4 aliphatic heterocycles. The van der Waals surface area contributed by atoms with E-state index in [1.165, 1.54) is 0 Å². The minimum Gasteiger partial charge on any atom is -0.466 e. The van der Waals surface area contributed by atoms with Crippen LogP contribution in [-0.2, 0) is 31.9 Å². The Kier molecular flexibility index (Phi) is 17.8. The highest BCUT2D eigenvalue weighted by Gasteiger charge is 2.35. The molecular formula is C46H70N8O8. The molecule has 0 aliphatic carbocycles. The Balaban J connectivity index is 0.000000323. The molecule has 3 saturated heterocycles. The highest BCUT2D eigenvalue weighted by Crippen LogP contribution is 2.26. The number of amides is 4. The molecule has 0 unspecified atom stereocenters. The number of carbonyl (C=O) groups excluding carboxylic acids is 4. The fourth-order valence-electron chi connectivity index (χ4n) is 8.49. The van der Waals surface area contributed by atoms with Crippen molar-refractivity contribution in [3.05, 3.63) is 63.6 Å². The number of H-pyrrole nitrogens is 1. The average molecular weight is 863 g/mol. The third-order valence-electron chi connectivity index (χ3n) is 12.4. The van der Waals surface area contributed by atoms with E-state index in [0.717, 1.165) is 87.3 Å². The first-order valence-corrected chi connectivity index (χ1v) is 22.1. The Labute approximate surface area is 366 Å². The Morgan fingerprint density at radius 2 is 1.61 bits per heavy atom. The molecule has 342 valence electrons. The predicted molar refractivity (Wildman–Crippen MR) is 240 cm³/mol. The van der Waals surface area contributed by atoms with Crippen LogP contribution >= 0.6 is 0 Å². The van der Waals surface area contributed by atoms with E-state index < -0.39 is 18.0 Å². The fourth-order valence-corrected chi connectivity index (χ4v) is 8.49. The number of urea groups is 1. The quantitative estimate of drug-likeness (QED) is 0.185. The number of anilines is 1. The lowest BCUT2D eigenvalue weighted by Gasteiger charge is -2.38. The van der Waals surface area contributed by atoms with Crippen LogP contribution in [0.15, 0.2) is 45.6 Å². The van der Waals surface area contributed by atoms with Crippen molar-refractivity contribution in [2.75, 3.05) is 105 Å². The second-order valence-electron chi connectivity index (χ2n) is 17.4. The van der Waals surface area contributed by atoms with Crippen LogP contribution in [0.1, 0.15) is 69.6 Å². The van der Waals surface area contributed by atoms with Crippen molar-refractivity contribution in [3.63, 3.8) is 0 Å². The van der Waals surface area contributed by atoms with Crippen molar-refractivity contribution in [2.24, 2.45) is 5.92 Å². The minimum atomic E-state index is -1.00. The molecule has 2 N–H and O–H groups in total. The molecular weight excluding hydrogens is 793 g/mol. The third-order valence-corrected chi connectivity index (χ3v) is 12.4. The number of benzene rings is 2. The summed E-state index contributed by atoms with van der Waals surface area (Å²) in [6.07, 6.45) is 3.92. The molecule has 0 bridgehead atoms. The van der Waals surface area contributed by atoms with Gasteiger partial charge in [-0.05, 0) is 101 Å². The van der Waals surface area contributed by atoms with Crippen LogP contribution in [0.3, 0.4) is 0 Å². The van der Waals surface area contributed by atoms with E-state index >= 15 is 0 Å². The molecule has 2 aromatic carbocycles. The second-order valence-corrected chi connectivity index (χ2v) is 17.4. The Hall–Kier alpha value is -4.93. The van der Waals surface area contributed by atoms with Crippen LogP contribution in [0.25, 0.3) is 11.1 Å². The van der Waals surface area contributed by atoms with E-state index in [1.54, 1.807) is 15.9 Å². The van der Waals surface area contributed by atoms with Gasteiger partial charge in [0, 0.05) is 90.1 Å². The highest BCUT2D eigenvalue weighted by molar-refractivity contribution is 5.91. The molecule has 4 amide bonds. The van der Waals surface area contributed by atoms with Crippen LogP contribution in [0, 0.1) is 12.8 Å². The van der Waals surface area contributed by atoms with Crippen LogP contribution in [0.4, 0.5) is 15.3 Å². The second kappa shape index (κ2) is 23.0. The van der Waals surface area contributed by atoms with E-state index in [4.69, 9.17) is 13.9 Å². The number of fused-ring (bicyclic) bond motifs is 2. The number of para-hydroxylation sites is 1. The van der Waals surface area contributed by atoms with E-state index in [0.29, 0.717) is 75.6 Å². The number of nitrogens with zero attached hydrogens (tertiary/aromatic N) is 6. The molecule has 16 heteroatoms. The lowest BCUT2D eigenvalue weighted by Crippen LogP contribution is -2.51. The lowest BCUT2D eigenvalue weighted by atomic mass is 9.98. The summed E-state index contributed by atoms with van der Waals surface area (Å²) in [5.74, 6) is -0.257. The molecule has 3 fully saturated rings. The van der Waals surface area contributed by atoms with Crippen molar-refractivity contribution in [2.45, 2.75) is 84.8 Å². The topological polar surface area (TPSA) is 164 Å². The number of likely N-dealkylation sites (tertiary alicyclic amines) is 2. The normalized spacial score (nSPS) is 18.5. The summed E-state index contributed by atoms with van der Waals surface area (Å²) in [6, 6.07) is 11.4. The number of aromatic nitrogens is 1. The summed E-state index contributed by atoms with van der Waals surface area (Å²) >= 11 is 0. The first-order valence-electron chi connectivity index (χ1n) is 22.1. The zero-order valence-corrected chi connectivity index (χ0v) is 36.8. The first-order chi connectivity index (χ1) is 29.3. The van der Waals surface area contributed by atoms with Gasteiger partial charge in [-0.25, -0.2) is 14.4 Å². The smallest absolute Gasteiger partial charge is 0.417 e. The van der Waals surface area contributed by atoms with Gasteiger partial charge in [-0.1, -0.05) is 38.6 Å². The van der Waals surface area contributed by atoms with Crippen LogP contribution in [0.2, 0.25) is 0 Å². The maximum absolute atomic E-state index is 13.7. The number of ether oxygens (including phenoxy) is 2. The first kappa shape index (κ1) is 48.1. The Morgan fingerprint density at radius 1 is 0.919 bits per heavy atom. The number of oxazole rings is 1. The minimum absolute atomic E-state index is 0.